The number of nitrogens with one attached hydrogen (secondary N) is 1. The van der Waals surface area contributed by atoms with Gasteiger partial charge in [0.25, 0.3) is 11.8 Å². The third-order valence-electron chi connectivity index (χ3n) is 4.17. The van der Waals surface area contributed by atoms with Crippen molar-refractivity contribution in [2.45, 2.75) is 19.9 Å². The molecule has 0 saturated heterocycles. The van der Waals surface area contributed by atoms with E-state index in [-0.39, 0.29) is 23.1 Å². The number of carbonyl (C=O) groups is 2. The molecular weight excluding hydrogens is 344 g/mol. The Hall–Kier alpha value is -3.66. The first-order valence-corrected chi connectivity index (χ1v) is 8.36. The standard InChI is InChI=1S/C20H18N4O3/c1-12(2)24-16-7-5-4-6-14(16)18(20(24)26)15(10-21)19(25)23-13-8-9-17(27-3)22-11-13/h4-9,11-12H,1-3H3,(H,23,25)/b18-15-. The summed E-state index contributed by atoms with van der Waals surface area (Å²) in [7, 11) is 1.49. The second kappa shape index (κ2) is 7.30. The van der Waals surface area contributed by atoms with Gasteiger partial charge in [0, 0.05) is 17.7 Å². The minimum atomic E-state index is -0.659. The second-order valence-corrected chi connectivity index (χ2v) is 6.19. The Kier molecular flexibility index (Phi) is 4.90. The van der Waals surface area contributed by atoms with Crippen molar-refractivity contribution in [3.63, 3.8) is 0 Å². The van der Waals surface area contributed by atoms with Gasteiger partial charge in [-0.1, -0.05) is 18.2 Å². The molecule has 3 rings (SSSR count). The number of hydrogen-bond acceptors (Lipinski definition) is 5. The fourth-order valence-corrected chi connectivity index (χ4v) is 2.98. The number of para-hydroxylation sites is 1. The highest BCUT2D eigenvalue weighted by Gasteiger charge is 2.37. The normalized spacial score (nSPS) is 14.6. The summed E-state index contributed by atoms with van der Waals surface area (Å²) >= 11 is 0. The summed E-state index contributed by atoms with van der Waals surface area (Å²) in [6.07, 6.45) is 1.42. The lowest BCUT2D eigenvalue weighted by Gasteiger charge is -2.21. The zero-order chi connectivity index (χ0) is 19.6. The van der Waals surface area contributed by atoms with Crippen LogP contribution in [-0.2, 0) is 9.59 Å². The van der Waals surface area contributed by atoms with Crippen LogP contribution in [0.2, 0.25) is 0 Å². The quantitative estimate of drug-likeness (QED) is 0.666. The fraction of sp³-hybridized carbons (Fsp3) is 0.200. The Bertz CT molecular complexity index is 971. The number of methoxy groups -OCH3 is 1. The van der Waals surface area contributed by atoms with Gasteiger partial charge in [0.2, 0.25) is 5.88 Å². The first-order valence-electron chi connectivity index (χ1n) is 8.36. The molecule has 2 aromatic rings. The summed E-state index contributed by atoms with van der Waals surface area (Å²) in [5, 5.41) is 12.2. The van der Waals surface area contributed by atoms with E-state index >= 15 is 0 Å². The van der Waals surface area contributed by atoms with Crippen molar-refractivity contribution in [3.05, 3.63) is 53.7 Å². The van der Waals surface area contributed by atoms with E-state index in [4.69, 9.17) is 4.74 Å². The van der Waals surface area contributed by atoms with E-state index in [1.54, 1.807) is 35.2 Å². The summed E-state index contributed by atoms with van der Waals surface area (Å²) < 4.78 is 4.98. The van der Waals surface area contributed by atoms with Crippen LogP contribution in [0.25, 0.3) is 5.57 Å². The summed E-state index contributed by atoms with van der Waals surface area (Å²) in [6, 6.07) is 12.1. The lowest BCUT2D eigenvalue weighted by Crippen LogP contribution is -2.33. The van der Waals surface area contributed by atoms with Crippen LogP contribution in [0.1, 0.15) is 19.4 Å². The highest BCUT2D eigenvalue weighted by molar-refractivity contribution is 6.38. The summed E-state index contributed by atoms with van der Waals surface area (Å²) in [4.78, 5) is 31.2. The third kappa shape index (κ3) is 3.25. The van der Waals surface area contributed by atoms with Crippen molar-refractivity contribution in [1.29, 1.82) is 5.26 Å². The van der Waals surface area contributed by atoms with E-state index in [1.165, 1.54) is 13.3 Å². The molecule has 7 nitrogen and oxygen atoms in total. The van der Waals surface area contributed by atoms with Gasteiger partial charge >= 0.3 is 0 Å². The molecule has 0 fully saturated rings. The van der Waals surface area contributed by atoms with Crippen molar-refractivity contribution in [2.75, 3.05) is 17.3 Å². The van der Waals surface area contributed by atoms with Gasteiger partial charge in [-0.3, -0.25) is 9.59 Å². The lowest BCUT2D eigenvalue weighted by atomic mass is 10.0. The SMILES string of the molecule is COc1ccc(NC(=O)/C(C#N)=C2\C(=O)N(C(C)C)c3ccccc32)cn1. The van der Waals surface area contributed by atoms with Gasteiger partial charge in [-0.05, 0) is 26.0 Å². The van der Waals surface area contributed by atoms with Crippen LogP contribution in [0.3, 0.4) is 0 Å². The first kappa shape index (κ1) is 18.1. The van der Waals surface area contributed by atoms with E-state index in [9.17, 15) is 14.9 Å². The molecule has 2 heterocycles. The molecule has 136 valence electrons. The molecule has 27 heavy (non-hydrogen) atoms. The smallest absolute Gasteiger partial charge is 0.267 e. The zero-order valence-electron chi connectivity index (χ0n) is 15.2. The summed E-state index contributed by atoms with van der Waals surface area (Å²) in [5.41, 5.74) is 1.55. The summed E-state index contributed by atoms with van der Waals surface area (Å²) in [6.45, 7) is 3.76. The van der Waals surface area contributed by atoms with Crippen molar-refractivity contribution >= 4 is 28.8 Å². The van der Waals surface area contributed by atoms with E-state index in [2.05, 4.69) is 10.3 Å². The minimum Gasteiger partial charge on any atom is -0.481 e. The molecule has 1 aromatic heterocycles. The largest absolute Gasteiger partial charge is 0.481 e. The number of fused-ring (bicyclic) bond motifs is 1. The number of hydrogen-bond donors (Lipinski definition) is 1. The molecule has 0 spiro atoms. The number of nitriles is 1. The molecule has 0 bridgehead atoms. The number of anilines is 2. The molecule has 1 N–H and O–H groups in total. The van der Waals surface area contributed by atoms with E-state index < -0.39 is 5.91 Å². The number of aromatic nitrogens is 1. The molecule has 2 amide bonds. The molecule has 1 aromatic carbocycles. The number of nitrogens with zero attached hydrogens (tertiary/aromatic N) is 3. The van der Waals surface area contributed by atoms with E-state index in [0.717, 1.165) is 0 Å². The molecule has 0 atom stereocenters. The first-order chi connectivity index (χ1) is 13.0. The highest BCUT2D eigenvalue weighted by Crippen LogP contribution is 2.39. The molecule has 0 radical (unpaired) electrons. The minimum absolute atomic E-state index is 0.107. The van der Waals surface area contributed by atoms with Crippen molar-refractivity contribution in [1.82, 2.24) is 4.98 Å². The second-order valence-electron chi connectivity index (χ2n) is 6.19. The van der Waals surface area contributed by atoms with Crippen LogP contribution in [0.15, 0.2) is 48.2 Å². The summed E-state index contributed by atoms with van der Waals surface area (Å²) in [5.74, 6) is -0.613. The topological polar surface area (TPSA) is 95.3 Å². The van der Waals surface area contributed by atoms with Gasteiger partial charge in [0.05, 0.1) is 30.3 Å². The van der Waals surface area contributed by atoms with Crippen LogP contribution >= 0.6 is 0 Å². The van der Waals surface area contributed by atoms with Crippen molar-refractivity contribution < 1.29 is 14.3 Å². The predicted molar refractivity (Wildman–Crippen MR) is 101 cm³/mol. The van der Waals surface area contributed by atoms with Crippen LogP contribution in [0, 0.1) is 11.3 Å². The van der Waals surface area contributed by atoms with E-state index in [1.807, 2.05) is 26.0 Å². The fourth-order valence-electron chi connectivity index (χ4n) is 2.98. The van der Waals surface area contributed by atoms with Gasteiger partial charge in [0.1, 0.15) is 11.6 Å². The van der Waals surface area contributed by atoms with Crippen LogP contribution in [-0.4, -0.2) is 29.9 Å². The molecule has 0 saturated carbocycles. The lowest BCUT2D eigenvalue weighted by molar-refractivity contribution is -0.115. The Balaban J connectivity index is 2.02. The predicted octanol–water partition coefficient (Wildman–Crippen LogP) is 2.76. The number of amides is 2. The van der Waals surface area contributed by atoms with Crippen molar-refractivity contribution in [2.24, 2.45) is 0 Å². The number of ether oxygens (including phenoxy) is 1. The maximum atomic E-state index is 13.0. The Labute approximate surface area is 156 Å². The average Bonchev–Trinajstić information content (AvgIpc) is 2.95. The molecule has 0 unspecified atom stereocenters. The maximum Gasteiger partial charge on any atom is 0.267 e. The Morgan fingerprint density at radius 3 is 2.59 bits per heavy atom. The monoisotopic (exact) mass is 362 g/mol. The highest BCUT2D eigenvalue weighted by atomic mass is 16.5. The Morgan fingerprint density at radius 2 is 2.00 bits per heavy atom. The van der Waals surface area contributed by atoms with Crippen LogP contribution < -0.4 is 15.0 Å². The molecular formula is C20H18N4O3. The van der Waals surface area contributed by atoms with Gasteiger partial charge < -0.3 is 15.0 Å². The van der Waals surface area contributed by atoms with Crippen LogP contribution in [0.5, 0.6) is 5.88 Å². The average molecular weight is 362 g/mol. The van der Waals surface area contributed by atoms with Gasteiger partial charge in [-0.2, -0.15) is 5.26 Å². The molecule has 1 aliphatic rings. The van der Waals surface area contributed by atoms with Crippen LogP contribution in [0.4, 0.5) is 11.4 Å². The van der Waals surface area contributed by atoms with E-state index in [0.29, 0.717) is 22.8 Å². The zero-order valence-corrected chi connectivity index (χ0v) is 15.2. The van der Waals surface area contributed by atoms with Gasteiger partial charge in [0.15, 0.2) is 0 Å². The van der Waals surface area contributed by atoms with Crippen molar-refractivity contribution in [3.8, 4) is 11.9 Å². The molecule has 7 heteroatoms. The number of carbonyl (C=O) groups excluding carboxylic acids is 2. The Morgan fingerprint density at radius 1 is 1.26 bits per heavy atom. The molecule has 0 aliphatic carbocycles. The maximum absolute atomic E-state index is 13.0. The molecule has 1 aliphatic heterocycles. The number of benzene rings is 1. The number of pyridine rings is 1. The number of rotatable bonds is 4. The third-order valence-corrected chi connectivity index (χ3v) is 4.17. The van der Waals surface area contributed by atoms with Gasteiger partial charge in [-0.15, -0.1) is 0 Å². The van der Waals surface area contributed by atoms with Gasteiger partial charge in [-0.25, -0.2) is 4.98 Å².